The minimum atomic E-state index is -0.196. The standard InChI is InChI=1S/C24H25N3O4/c1-29-21-6-2-5-17-12-18(15-30-23(17)21)24(28)27-11-9-20-19(14-27)26-22(31-20)8-7-16-4-3-10-25-13-16/h2-6,10,13,18H,7-9,11-12,14-15H2,1H3. The van der Waals surface area contributed by atoms with Crippen molar-refractivity contribution in [3.8, 4) is 11.5 Å². The summed E-state index contributed by atoms with van der Waals surface area (Å²) in [7, 11) is 1.63. The predicted octanol–water partition coefficient (Wildman–Crippen LogP) is 3.00. The molecule has 3 aromatic rings. The molecular formula is C24H25N3O4. The first kappa shape index (κ1) is 19.6. The lowest BCUT2D eigenvalue weighted by atomic mass is 9.94. The summed E-state index contributed by atoms with van der Waals surface area (Å²) in [5.41, 5.74) is 3.05. The van der Waals surface area contributed by atoms with Crippen molar-refractivity contribution in [2.24, 2.45) is 5.92 Å². The Labute approximate surface area is 181 Å². The fraction of sp³-hybridized carbons (Fsp3) is 0.375. The van der Waals surface area contributed by atoms with Gasteiger partial charge in [-0.05, 0) is 36.1 Å². The normalized spacial score (nSPS) is 17.5. The molecule has 0 bridgehead atoms. The number of methoxy groups -OCH3 is 1. The zero-order chi connectivity index (χ0) is 21.2. The van der Waals surface area contributed by atoms with E-state index in [1.807, 2.05) is 35.4 Å². The molecule has 2 aliphatic heterocycles. The van der Waals surface area contributed by atoms with Gasteiger partial charge in [0.2, 0.25) is 5.91 Å². The Balaban J connectivity index is 1.23. The highest BCUT2D eigenvalue weighted by atomic mass is 16.5. The van der Waals surface area contributed by atoms with Gasteiger partial charge in [0.1, 0.15) is 18.1 Å². The zero-order valence-electron chi connectivity index (χ0n) is 17.5. The van der Waals surface area contributed by atoms with E-state index in [4.69, 9.17) is 13.9 Å². The highest BCUT2D eigenvalue weighted by molar-refractivity contribution is 5.80. The van der Waals surface area contributed by atoms with Crippen molar-refractivity contribution in [2.75, 3.05) is 20.3 Å². The lowest BCUT2D eigenvalue weighted by Gasteiger charge is -2.32. The molecule has 7 heteroatoms. The topological polar surface area (TPSA) is 77.7 Å². The molecule has 31 heavy (non-hydrogen) atoms. The fourth-order valence-corrected chi connectivity index (χ4v) is 4.32. The number of benzene rings is 1. The van der Waals surface area contributed by atoms with Crippen LogP contribution in [0.4, 0.5) is 0 Å². The molecule has 1 atom stereocenters. The van der Waals surface area contributed by atoms with Crippen LogP contribution in [0.1, 0.15) is 28.5 Å². The molecule has 0 N–H and O–H groups in total. The van der Waals surface area contributed by atoms with Crippen molar-refractivity contribution in [3.05, 3.63) is 71.2 Å². The maximum Gasteiger partial charge on any atom is 0.229 e. The summed E-state index contributed by atoms with van der Waals surface area (Å²) in [6, 6.07) is 9.80. The Morgan fingerprint density at radius 2 is 2.19 bits per heavy atom. The Morgan fingerprint density at radius 3 is 3.03 bits per heavy atom. The SMILES string of the molecule is COc1cccc2c1OCC(C(=O)N1CCc3oc(CCc4cccnc4)nc3C1)C2. The minimum absolute atomic E-state index is 0.110. The predicted molar refractivity (Wildman–Crippen MR) is 113 cm³/mol. The molecular weight excluding hydrogens is 394 g/mol. The van der Waals surface area contributed by atoms with Crippen LogP contribution in [-0.4, -0.2) is 41.0 Å². The lowest BCUT2D eigenvalue weighted by Crippen LogP contribution is -2.43. The summed E-state index contributed by atoms with van der Waals surface area (Å²) >= 11 is 0. The van der Waals surface area contributed by atoms with Crippen molar-refractivity contribution in [3.63, 3.8) is 0 Å². The summed E-state index contributed by atoms with van der Waals surface area (Å²) < 4.78 is 17.2. The molecule has 4 heterocycles. The van der Waals surface area contributed by atoms with Gasteiger partial charge in [0.25, 0.3) is 0 Å². The molecule has 2 aromatic heterocycles. The summed E-state index contributed by atoms with van der Waals surface area (Å²) in [5.74, 6) is 3.01. The summed E-state index contributed by atoms with van der Waals surface area (Å²) in [6.45, 7) is 1.50. The van der Waals surface area contributed by atoms with Gasteiger partial charge in [0.05, 0.1) is 19.6 Å². The Morgan fingerprint density at radius 1 is 1.26 bits per heavy atom. The second kappa shape index (κ2) is 8.41. The van der Waals surface area contributed by atoms with Crippen molar-refractivity contribution in [2.45, 2.75) is 32.2 Å². The number of carbonyl (C=O) groups excluding carboxylic acids is 1. The first-order valence-corrected chi connectivity index (χ1v) is 10.6. The number of pyridine rings is 1. The van der Waals surface area contributed by atoms with E-state index in [0.717, 1.165) is 47.1 Å². The van der Waals surface area contributed by atoms with E-state index < -0.39 is 0 Å². The van der Waals surface area contributed by atoms with Crippen LogP contribution in [0.5, 0.6) is 11.5 Å². The van der Waals surface area contributed by atoms with Crippen LogP contribution in [0.2, 0.25) is 0 Å². The molecule has 160 valence electrons. The number of ether oxygens (including phenoxy) is 2. The van der Waals surface area contributed by atoms with E-state index in [1.54, 1.807) is 13.3 Å². The maximum atomic E-state index is 13.2. The van der Waals surface area contributed by atoms with Gasteiger partial charge in [0, 0.05) is 31.8 Å². The number of hydrogen-bond acceptors (Lipinski definition) is 6. The van der Waals surface area contributed by atoms with Crippen LogP contribution in [0.25, 0.3) is 0 Å². The molecule has 0 saturated carbocycles. The summed E-state index contributed by atoms with van der Waals surface area (Å²) in [4.78, 5) is 23.9. The molecule has 1 amide bonds. The van der Waals surface area contributed by atoms with Gasteiger partial charge in [-0.1, -0.05) is 18.2 Å². The third kappa shape index (κ3) is 4.00. The largest absolute Gasteiger partial charge is 0.493 e. The van der Waals surface area contributed by atoms with Crippen LogP contribution >= 0.6 is 0 Å². The second-order valence-electron chi connectivity index (χ2n) is 8.01. The summed E-state index contributed by atoms with van der Waals surface area (Å²) in [6.07, 6.45) is 6.54. The van der Waals surface area contributed by atoms with E-state index in [-0.39, 0.29) is 11.8 Å². The van der Waals surface area contributed by atoms with Crippen molar-refractivity contribution in [1.82, 2.24) is 14.9 Å². The lowest BCUT2D eigenvalue weighted by molar-refractivity contribution is -0.138. The van der Waals surface area contributed by atoms with Gasteiger partial charge in [0.15, 0.2) is 17.4 Å². The Kier molecular flexibility index (Phi) is 5.32. The van der Waals surface area contributed by atoms with Crippen LogP contribution < -0.4 is 9.47 Å². The van der Waals surface area contributed by atoms with Crippen LogP contribution in [-0.2, 0) is 37.0 Å². The third-order valence-electron chi connectivity index (χ3n) is 5.96. The number of aryl methyl sites for hydroxylation is 2. The highest BCUT2D eigenvalue weighted by Crippen LogP contribution is 2.36. The molecule has 1 unspecified atom stereocenters. The molecule has 0 spiro atoms. The van der Waals surface area contributed by atoms with E-state index in [9.17, 15) is 4.79 Å². The van der Waals surface area contributed by atoms with Gasteiger partial charge in [-0.25, -0.2) is 4.98 Å². The van der Waals surface area contributed by atoms with Crippen LogP contribution in [0, 0.1) is 5.92 Å². The Hall–Kier alpha value is -3.35. The molecule has 5 rings (SSSR count). The number of nitrogens with zero attached hydrogens (tertiary/aromatic N) is 3. The second-order valence-corrected chi connectivity index (χ2v) is 8.01. The number of para-hydroxylation sites is 1. The monoisotopic (exact) mass is 419 g/mol. The van der Waals surface area contributed by atoms with Crippen LogP contribution in [0.15, 0.2) is 47.1 Å². The number of fused-ring (bicyclic) bond motifs is 2. The van der Waals surface area contributed by atoms with E-state index >= 15 is 0 Å². The van der Waals surface area contributed by atoms with Gasteiger partial charge in [-0.2, -0.15) is 0 Å². The molecule has 0 radical (unpaired) electrons. The number of aromatic nitrogens is 2. The highest BCUT2D eigenvalue weighted by Gasteiger charge is 2.33. The average molecular weight is 419 g/mol. The van der Waals surface area contributed by atoms with E-state index in [2.05, 4.69) is 16.0 Å². The van der Waals surface area contributed by atoms with Crippen molar-refractivity contribution >= 4 is 5.91 Å². The summed E-state index contributed by atoms with van der Waals surface area (Å²) in [5, 5.41) is 0. The molecule has 0 saturated heterocycles. The average Bonchev–Trinajstić information content (AvgIpc) is 3.24. The minimum Gasteiger partial charge on any atom is -0.493 e. The number of oxazole rings is 1. The van der Waals surface area contributed by atoms with Gasteiger partial charge >= 0.3 is 0 Å². The van der Waals surface area contributed by atoms with E-state index in [0.29, 0.717) is 38.3 Å². The van der Waals surface area contributed by atoms with Crippen molar-refractivity contribution in [1.29, 1.82) is 0 Å². The Bertz CT molecular complexity index is 1080. The maximum absolute atomic E-state index is 13.2. The quantitative estimate of drug-likeness (QED) is 0.633. The molecule has 2 aliphatic rings. The first-order chi connectivity index (χ1) is 15.2. The molecule has 7 nitrogen and oxygen atoms in total. The number of rotatable bonds is 5. The number of hydrogen-bond donors (Lipinski definition) is 0. The molecule has 1 aromatic carbocycles. The van der Waals surface area contributed by atoms with Gasteiger partial charge in [-0.3, -0.25) is 9.78 Å². The fourth-order valence-electron chi connectivity index (χ4n) is 4.32. The number of carbonyl (C=O) groups is 1. The molecule has 0 aliphatic carbocycles. The van der Waals surface area contributed by atoms with Crippen molar-refractivity contribution < 1.29 is 18.7 Å². The third-order valence-corrected chi connectivity index (χ3v) is 5.96. The van der Waals surface area contributed by atoms with Gasteiger partial charge in [-0.15, -0.1) is 0 Å². The van der Waals surface area contributed by atoms with Gasteiger partial charge < -0.3 is 18.8 Å². The van der Waals surface area contributed by atoms with Crippen LogP contribution in [0.3, 0.4) is 0 Å². The number of amides is 1. The zero-order valence-corrected chi connectivity index (χ0v) is 17.5. The molecule has 0 fully saturated rings. The smallest absolute Gasteiger partial charge is 0.229 e. The first-order valence-electron chi connectivity index (χ1n) is 10.6. The van der Waals surface area contributed by atoms with E-state index in [1.165, 1.54) is 0 Å².